The molecule has 0 aromatic heterocycles. The van der Waals surface area contributed by atoms with Crippen molar-refractivity contribution in [3.8, 4) is 5.75 Å². The summed E-state index contributed by atoms with van der Waals surface area (Å²) in [6, 6.07) is 7.03. The molecule has 1 fully saturated rings. The summed E-state index contributed by atoms with van der Waals surface area (Å²) in [7, 11) is 0. The van der Waals surface area contributed by atoms with Gasteiger partial charge in [-0.3, -0.25) is 4.79 Å². The number of carbonyl (C=O) groups excluding carboxylic acids is 1. The molecule has 0 N–H and O–H groups in total. The van der Waals surface area contributed by atoms with Crippen molar-refractivity contribution in [2.24, 2.45) is 0 Å². The summed E-state index contributed by atoms with van der Waals surface area (Å²) in [5.41, 5.74) is 0. The second-order valence-corrected chi connectivity index (χ2v) is 5.36. The van der Waals surface area contributed by atoms with Crippen LogP contribution in [0.25, 0.3) is 0 Å². The van der Waals surface area contributed by atoms with Gasteiger partial charge in [-0.2, -0.15) is 0 Å². The van der Waals surface area contributed by atoms with Crippen LogP contribution in [0, 0.1) is 0 Å². The molecular formula is C13H15Cl2NO2. The maximum Gasteiger partial charge on any atom is 0.260 e. The molecule has 0 spiro atoms. The predicted molar refractivity (Wildman–Crippen MR) is 72.4 cm³/mol. The van der Waals surface area contributed by atoms with E-state index in [1.165, 1.54) is 0 Å². The van der Waals surface area contributed by atoms with Crippen molar-refractivity contribution in [3.63, 3.8) is 0 Å². The molecule has 1 aliphatic heterocycles. The molecule has 1 amide bonds. The molecule has 1 aliphatic rings. The van der Waals surface area contributed by atoms with Gasteiger partial charge in [0.15, 0.2) is 6.61 Å². The zero-order valence-corrected chi connectivity index (χ0v) is 11.5. The molecular weight excluding hydrogens is 273 g/mol. The highest BCUT2D eigenvalue weighted by atomic mass is 35.5. The van der Waals surface area contributed by atoms with E-state index < -0.39 is 0 Å². The van der Waals surface area contributed by atoms with E-state index in [-0.39, 0.29) is 17.9 Å². The van der Waals surface area contributed by atoms with Gasteiger partial charge in [-0.1, -0.05) is 17.7 Å². The van der Waals surface area contributed by atoms with Crippen LogP contribution in [0.15, 0.2) is 24.3 Å². The minimum atomic E-state index is -0.00135. The van der Waals surface area contributed by atoms with Crippen molar-refractivity contribution < 1.29 is 9.53 Å². The van der Waals surface area contributed by atoms with Gasteiger partial charge in [-0.05, 0) is 31.0 Å². The summed E-state index contributed by atoms with van der Waals surface area (Å²) in [5, 5.41) is 0.797. The lowest BCUT2D eigenvalue weighted by molar-refractivity contribution is -0.134. The normalized spacial score (nSPS) is 16.7. The second kappa shape index (κ2) is 6.30. The summed E-state index contributed by atoms with van der Waals surface area (Å²) < 4.78 is 5.42. The van der Waals surface area contributed by atoms with E-state index in [1.807, 2.05) is 0 Å². The molecule has 0 aliphatic carbocycles. The molecule has 2 rings (SSSR count). The number of piperidine rings is 1. The van der Waals surface area contributed by atoms with Crippen LogP contribution in [0.1, 0.15) is 12.8 Å². The third kappa shape index (κ3) is 3.79. The van der Waals surface area contributed by atoms with E-state index in [0.29, 0.717) is 23.9 Å². The van der Waals surface area contributed by atoms with E-state index in [4.69, 9.17) is 27.9 Å². The van der Waals surface area contributed by atoms with Gasteiger partial charge in [-0.15, -0.1) is 11.6 Å². The van der Waals surface area contributed by atoms with Gasteiger partial charge in [-0.25, -0.2) is 0 Å². The fourth-order valence-corrected chi connectivity index (χ4v) is 2.27. The van der Waals surface area contributed by atoms with E-state index in [9.17, 15) is 4.79 Å². The first-order valence-corrected chi connectivity index (χ1v) is 6.77. The Labute approximate surface area is 117 Å². The first kappa shape index (κ1) is 13.5. The largest absolute Gasteiger partial charge is 0.484 e. The Morgan fingerprint density at radius 3 is 2.78 bits per heavy atom. The lowest BCUT2D eigenvalue weighted by Gasteiger charge is -2.29. The van der Waals surface area contributed by atoms with E-state index in [0.717, 1.165) is 12.8 Å². The van der Waals surface area contributed by atoms with Crippen LogP contribution >= 0.6 is 23.2 Å². The number of hydrogen-bond acceptors (Lipinski definition) is 2. The minimum absolute atomic E-state index is 0.00135. The maximum atomic E-state index is 11.9. The van der Waals surface area contributed by atoms with E-state index in [1.54, 1.807) is 29.2 Å². The topological polar surface area (TPSA) is 29.5 Å². The van der Waals surface area contributed by atoms with Crippen LogP contribution < -0.4 is 4.74 Å². The first-order valence-electron chi connectivity index (χ1n) is 5.95. The molecule has 1 aromatic carbocycles. The molecule has 0 radical (unpaired) electrons. The van der Waals surface area contributed by atoms with Crippen molar-refractivity contribution in [2.45, 2.75) is 18.2 Å². The fourth-order valence-electron chi connectivity index (χ4n) is 1.89. The lowest BCUT2D eigenvalue weighted by atomic mass is 10.1. The van der Waals surface area contributed by atoms with Crippen molar-refractivity contribution in [1.82, 2.24) is 4.90 Å². The Kier molecular flexibility index (Phi) is 4.72. The number of benzene rings is 1. The highest BCUT2D eigenvalue weighted by Crippen LogP contribution is 2.18. The summed E-state index contributed by atoms with van der Waals surface area (Å²) in [4.78, 5) is 13.7. The molecule has 1 heterocycles. The molecule has 18 heavy (non-hydrogen) atoms. The smallest absolute Gasteiger partial charge is 0.260 e. The number of likely N-dealkylation sites (tertiary alicyclic amines) is 1. The molecule has 3 nitrogen and oxygen atoms in total. The average molecular weight is 288 g/mol. The Morgan fingerprint density at radius 1 is 1.39 bits per heavy atom. The predicted octanol–water partition coefficient (Wildman–Crippen LogP) is 2.95. The van der Waals surface area contributed by atoms with Crippen molar-refractivity contribution in [2.75, 3.05) is 19.7 Å². The summed E-state index contributed by atoms with van der Waals surface area (Å²) >= 11 is 11.8. The molecule has 1 aromatic rings. The average Bonchev–Trinajstić information content (AvgIpc) is 2.37. The molecule has 98 valence electrons. The number of carbonyl (C=O) groups is 1. The van der Waals surface area contributed by atoms with Gasteiger partial charge in [0.25, 0.3) is 5.91 Å². The van der Waals surface area contributed by atoms with Crippen LogP contribution in [0.3, 0.4) is 0 Å². The molecule has 5 heteroatoms. The van der Waals surface area contributed by atoms with Crippen LogP contribution in [0.5, 0.6) is 5.75 Å². The number of hydrogen-bond donors (Lipinski definition) is 0. The van der Waals surface area contributed by atoms with Crippen LogP contribution in [-0.2, 0) is 4.79 Å². The number of amides is 1. The van der Waals surface area contributed by atoms with E-state index >= 15 is 0 Å². The molecule has 0 atom stereocenters. The maximum absolute atomic E-state index is 11.9. The number of alkyl halides is 1. The summed E-state index contributed by atoms with van der Waals surface area (Å²) in [5.74, 6) is 0.613. The Bertz CT molecular complexity index is 417. The second-order valence-electron chi connectivity index (χ2n) is 4.30. The SMILES string of the molecule is O=C(COc1cccc(Cl)c1)N1CCC(Cl)CC1. The molecule has 1 saturated heterocycles. The first-order chi connectivity index (χ1) is 8.65. The third-order valence-corrected chi connectivity index (χ3v) is 3.61. The van der Waals surface area contributed by atoms with E-state index in [2.05, 4.69) is 0 Å². The quantitative estimate of drug-likeness (QED) is 0.800. The highest BCUT2D eigenvalue weighted by molar-refractivity contribution is 6.30. The van der Waals surface area contributed by atoms with Gasteiger partial charge in [0.2, 0.25) is 0 Å². The van der Waals surface area contributed by atoms with Gasteiger partial charge in [0.1, 0.15) is 5.75 Å². The molecule has 0 unspecified atom stereocenters. The number of halogens is 2. The lowest BCUT2D eigenvalue weighted by Crippen LogP contribution is -2.41. The Balaban J connectivity index is 1.81. The number of rotatable bonds is 3. The van der Waals surface area contributed by atoms with Crippen LogP contribution in [-0.4, -0.2) is 35.9 Å². The highest BCUT2D eigenvalue weighted by Gasteiger charge is 2.21. The van der Waals surface area contributed by atoms with Gasteiger partial charge in [0, 0.05) is 23.5 Å². The summed E-state index contributed by atoms with van der Waals surface area (Å²) in [6.07, 6.45) is 1.70. The van der Waals surface area contributed by atoms with Crippen molar-refractivity contribution in [1.29, 1.82) is 0 Å². The minimum Gasteiger partial charge on any atom is -0.484 e. The van der Waals surface area contributed by atoms with Gasteiger partial charge in [0.05, 0.1) is 0 Å². The van der Waals surface area contributed by atoms with Crippen LogP contribution in [0.2, 0.25) is 5.02 Å². The van der Waals surface area contributed by atoms with Gasteiger partial charge < -0.3 is 9.64 Å². The third-order valence-electron chi connectivity index (χ3n) is 2.94. The van der Waals surface area contributed by atoms with Crippen LogP contribution in [0.4, 0.5) is 0 Å². The zero-order valence-electron chi connectivity index (χ0n) is 9.94. The zero-order chi connectivity index (χ0) is 13.0. The number of ether oxygens (including phenoxy) is 1. The summed E-state index contributed by atoms with van der Waals surface area (Å²) in [6.45, 7) is 1.48. The van der Waals surface area contributed by atoms with Crippen molar-refractivity contribution in [3.05, 3.63) is 29.3 Å². The molecule has 0 bridgehead atoms. The molecule has 0 saturated carbocycles. The Hall–Kier alpha value is -0.930. The number of nitrogens with zero attached hydrogens (tertiary/aromatic N) is 1. The van der Waals surface area contributed by atoms with Crippen molar-refractivity contribution >= 4 is 29.1 Å². The monoisotopic (exact) mass is 287 g/mol. The Morgan fingerprint density at radius 2 is 2.11 bits per heavy atom. The standard InChI is InChI=1S/C13H15Cl2NO2/c14-10-4-6-16(7-5-10)13(17)9-18-12-3-1-2-11(15)8-12/h1-3,8,10H,4-7,9H2. The fraction of sp³-hybridized carbons (Fsp3) is 0.462. The van der Waals surface area contributed by atoms with Gasteiger partial charge >= 0.3 is 0 Å².